The molecule has 0 saturated heterocycles. The molecular formula is C23H19ClO3. The van der Waals surface area contributed by atoms with Crippen LogP contribution >= 0.6 is 11.6 Å². The van der Waals surface area contributed by atoms with Crippen LogP contribution in [-0.2, 0) is 4.79 Å². The van der Waals surface area contributed by atoms with Crippen LogP contribution in [0.15, 0.2) is 84.9 Å². The van der Waals surface area contributed by atoms with Crippen molar-refractivity contribution in [3.63, 3.8) is 0 Å². The second kappa shape index (κ2) is 8.65. The highest BCUT2D eigenvalue weighted by molar-refractivity contribution is 6.31. The Hall–Kier alpha value is -2.91. The first-order valence-electron chi connectivity index (χ1n) is 8.68. The molecule has 27 heavy (non-hydrogen) atoms. The van der Waals surface area contributed by atoms with Crippen LogP contribution in [0.5, 0.6) is 0 Å². The van der Waals surface area contributed by atoms with Gasteiger partial charge >= 0.3 is 5.97 Å². The van der Waals surface area contributed by atoms with E-state index in [1.165, 1.54) is 0 Å². The van der Waals surface area contributed by atoms with E-state index < -0.39 is 17.8 Å². The van der Waals surface area contributed by atoms with Crippen molar-refractivity contribution in [2.75, 3.05) is 0 Å². The molecule has 0 aliphatic rings. The standard InChI is InChI=1S/C23H19ClO3/c24-20-14-8-7-13-18(20)19(15-21(25)16-9-3-1-4-10-16)22(23(26)27)17-11-5-2-6-12-17/h1-14,19,22H,15H2,(H,26,27)/t19-,22-/m0/s1. The predicted molar refractivity (Wildman–Crippen MR) is 106 cm³/mol. The maximum Gasteiger partial charge on any atom is 0.311 e. The largest absolute Gasteiger partial charge is 0.481 e. The summed E-state index contributed by atoms with van der Waals surface area (Å²) in [6.45, 7) is 0. The number of benzene rings is 3. The average molecular weight is 379 g/mol. The highest BCUT2D eigenvalue weighted by Crippen LogP contribution is 2.39. The molecule has 0 bridgehead atoms. The van der Waals surface area contributed by atoms with Crippen molar-refractivity contribution in [1.82, 2.24) is 0 Å². The molecule has 3 nitrogen and oxygen atoms in total. The molecule has 0 aromatic heterocycles. The van der Waals surface area contributed by atoms with Crippen molar-refractivity contribution in [3.05, 3.63) is 107 Å². The van der Waals surface area contributed by atoms with Crippen molar-refractivity contribution in [2.45, 2.75) is 18.3 Å². The van der Waals surface area contributed by atoms with Gasteiger partial charge in [-0.3, -0.25) is 9.59 Å². The van der Waals surface area contributed by atoms with Crippen LogP contribution in [0.4, 0.5) is 0 Å². The zero-order valence-electron chi connectivity index (χ0n) is 14.6. The summed E-state index contributed by atoms with van der Waals surface area (Å²) in [5.74, 6) is -2.54. The Morgan fingerprint density at radius 2 is 1.37 bits per heavy atom. The average Bonchev–Trinajstić information content (AvgIpc) is 2.69. The number of rotatable bonds is 7. The van der Waals surface area contributed by atoms with Gasteiger partial charge in [-0.05, 0) is 17.2 Å². The third-order valence-corrected chi connectivity index (χ3v) is 4.98. The molecule has 0 unspecified atom stereocenters. The lowest BCUT2D eigenvalue weighted by molar-refractivity contribution is -0.139. The van der Waals surface area contributed by atoms with Gasteiger partial charge in [-0.15, -0.1) is 0 Å². The maximum atomic E-state index is 12.9. The summed E-state index contributed by atoms with van der Waals surface area (Å²) in [6, 6.07) is 25.0. The second-order valence-corrected chi connectivity index (χ2v) is 6.76. The van der Waals surface area contributed by atoms with E-state index in [1.54, 1.807) is 66.7 Å². The predicted octanol–water partition coefficient (Wildman–Crippen LogP) is 5.57. The molecule has 0 amide bonds. The van der Waals surface area contributed by atoms with E-state index in [4.69, 9.17) is 11.6 Å². The van der Waals surface area contributed by atoms with E-state index in [-0.39, 0.29) is 12.2 Å². The highest BCUT2D eigenvalue weighted by atomic mass is 35.5. The molecule has 0 aliphatic heterocycles. The third kappa shape index (κ3) is 4.44. The van der Waals surface area contributed by atoms with Gasteiger partial charge in [0.05, 0.1) is 5.92 Å². The Labute approximate surface area is 163 Å². The topological polar surface area (TPSA) is 54.4 Å². The van der Waals surface area contributed by atoms with Gasteiger partial charge < -0.3 is 5.11 Å². The lowest BCUT2D eigenvalue weighted by Gasteiger charge is -2.25. The minimum absolute atomic E-state index is 0.0552. The zero-order chi connectivity index (χ0) is 19.2. The summed E-state index contributed by atoms with van der Waals surface area (Å²) in [5.41, 5.74) is 1.88. The monoisotopic (exact) mass is 378 g/mol. The summed E-state index contributed by atoms with van der Waals surface area (Å²) in [5, 5.41) is 10.4. The first kappa shape index (κ1) is 18.9. The summed E-state index contributed by atoms with van der Waals surface area (Å²) in [7, 11) is 0. The van der Waals surface area contributed by atoms with Crippen molar-refractivity contribution in [1.29, 1.82) is 0 Å². The number of carboxylic acids is 1. The molecule has 1 N–H and O–H groups in total. The summed E-state index contributed by atoms with van der Waals surface area (Å²) in [6.07, 6.45) is 0.0552. The smallest absolute Gasteiger partial charge is 0.311 e. The molecule has 136 valence electrons. The van der Waals surface area contributed by atoms with E-state index in [1.807, 2.05) is 18.2 Å². The van der Waals surface area contributed by atoms with Gasteiger partial charge in [0.2, 0.25) is 0 Å². The van der Waals surface area contributed by atoms with E-state index in [2.05, 4.69) is 0 Å². The number of carbonyl (C=O) groups is 2. The Bertz CT molecular complexity index is 923. The lowest BCUT2D eigenvalue weighted by Crippen LogP contribution is -2.23. The minimum atomic E-state index is -0.980. The fourth-order valence-corrected chi connectivity index (χ4v) is 3.61. The number of carbonyl (C=O) groups excluding carboxylic acids is 1. The first-order valence-corrected chi connectivity index (χ1v) is 9.06. The van der Waals surface area contributed by atoms with E-state index >= 15 is 0 Å². The highest BCUT2D eigenvalue weighted by Gasteiger charge is 2.34. The molecule has 3 aromatic carbocycles. The summed E-state index contributed by atoms with van der Waals surface area (Å²) < 4.78 is 0. The van der Waals surface area contributed by atoms with Gasteiger partial charge in [0.1, 0.15) is 0 Å². The molecule has 3 rings (SSSR count). The van der Waals surface area contributed by atoms with Gasteiger partial charge in [0.25, 0.3) is 0 Å². The molecule has 0 spiro atoms. The molecule has 3 aromatic rings. The Balaban J connectivity index is 2.05. The number of halogens is 1. The number of hydrogen-bond donors (Lipinski definition) is 1. The molecule has 0 heterocycles. The Morgan fingerprint density at radius 3 is 1.96 bits per heavy atom. The zero-order valence-corrected chi connectivity index (χ0v) is 15.3. The normalized spacial score (nSPS) is 12.9. The number of carboxylic acid groups (broad SMARTS) is 1. The number of aliphatic carboxylic acids is 1. The van der Waals surface area contributed by atoms with Crippen LogP contribution < -0.4 is 0 Å². The van der Waals surface area contributed by atoms with Crippen molar-refractivity contribution < 1.29 is 14.7 Å². The van der Waals surface area contributed by atoms with Crippen LogP contribution in [0, 0.1) is 0 Å². The SMILES string of the molecule is O=C(C[C@@H](c1ccccc1Cl)[C@@H](C(=O)O)c1ccccc1)c1ccccc1. The first-order chi connectivity index (χ1) is 13.1. The molecule has 0 saturated carbocycles. The van der Waals surface area contributed by atoms with Crippen LogP contribution in [0.25, 0.3) is 0 Å². The molecule has 0 radical (unpaired) electrons. The van der Waals surface area contributed by atoms with Crippen molar-refractivity contribution in [2.24, 2.45) is 0 Å². The number of Topliss-reactive ketones (excluding diaryl/α,β-unsaturated/α-hetero) is 1. The van der Waals surface area contributed by atoms with Crippen LogP contribution in [0.2, 0.25) is 5.02 Å². The minimum Gasteiger partial charge on any atom is -0.481 e. The van der Waals surface area contributed by atoms with Crippen LogP contribution in [0.3, 0.4) is 0 Å². The Morgan fingerprint density at radius 1 is 0.815 bits per heavy atom. The molecule has 0 fully saturated rings. The van der Waals surface area contributed by atoms with Crippen LogP contribution in [-0.4, -0.2) is 16.9 Å². The van der Waals surface area contributed by atoms with Gasteiger partial charge in [0.15, 0.2) is 5.78 Å². The molecule has 2 atom stereocenters. The molecule has 0 aliphatic carbocycles. The molecule has 4 heteroatoms. The van der Waals surface area contributed by atoms with Gasteiger partial charge in [-0.1, -0.05) is 90.5 Å². The Kier molecular flexibility index (Phi) is 6.05. The fourth-order valence-electron chi connectivity index (χ4n) is 3.33. The van der Waals surface area contributed by atoms with Crippen molar-refractivity contribution >= 4 is 23.4 Å². The van der Waals surface area contributed by atoms with Gasteiger partial charge in [0, 0.05) is 22.9 Å². The van der Waals surface area contributed by atoms with Gasteiger partial charge in [-0.25, -0.2) is 0 Å². The van der Waals surface area contributed by atoms with E-state index in [0.717, 1.165) is 0 Å². The second-order valence-electron chi connectivity index (χ2n) is 6.35. The third-order valence-electron chi connectivity index (χ3n) is 4.63. The summed E-state index contributed by atoms with van der Waals surface area (Å²) in [4.78, 5) is 25.1. The molecular weight excluding hydrogens is 360 g/mol. The fraction of sp³-hybridized carbons (Fsp3) is 0.130. The number of ketones is 1. The quantitative estimate of drug-likeness (QED) is 0.547. The number of hydrogen-bond acceptors (Lipinski definition) is 2. The lowest BCUT2D eigenvalue weighted by atomic mass is 9.78. The van der Waals surface area contributed by atoms with E-state index in [9.17, 15) is 14.7 Å². The maximum absolute atomic E-state index is 12.9. The van der Waals surface area contributed by atoms with E-state index in [0.29, 0.717) is 21.7 Å². The van der Waals surface area contributed by atoms with Gasteiger partial charge in [-0.2, -0.15) is 0 Å². The van der Waals surface area contributed by atoms with Crippen molar-refractivity contribution in [3.8, 4) is 0 Å². The van der Waals surface area contributed by atoms with Crippen LogP contribution in [0.1, 0.15) is 39.7 Å². The summed E-state index contributed by atoms with van der Waals surface area (Å²) >= 11 is 6.38.